The summed E-state index contributed by atoms with van der Waals surface area (Å²) in [5.74, 6) is 0.244. The van der Waals surface area contributed by atoms with E-state index in [0.29, 0.717) is 0 Å². The standard InChI is InChI=1S/C17H30N4O2/c1-4-20-11-16(17(12-20)5-8-18-14(17)22)6-9-21(10-7-16)15(23)19-13(2)3/h13H,4-12H2,1-3H3,(H,18,22)(H,19,23). The number of carbonyl (C=O) groups excluding carboxylic acids is 2. The van der Waals surface area contributed by atoms with Crippen LogP contribution in [0.15, 0.2) is 0 Å². The number of likely N-dealkylation sites (tertiary alicyclic amines) is 2. The van der Waals surface area contributed by atoms with Crippen molar-refractivity contribution in [2.75, 3.05) is 39.3 Å². The summed E-state index contributed by atoms with van der Waals surface area (Å²) in [4.78, 5) is 29.2. The summed E-state index contributed by atoms with van der Waals surface area (Å²) >= 11 is 0. The van der Waals surface area contributed by atoms with Gasteiger partial charge in [-0.1, -0.05) is 6.92 Å². The lowest BCUT2D eigenvalue weighted by molar-refractivity contribution is -0.133. The SMILES string of the molecule is CCN1CC2(CCN(C(=O)NC(C)C)CC2)C2(CCNC2=O)C1. The van der Waals surface area contributed by atoms with Crippen molar-refractivity contribution in [1.29, 1.82) is 0 Å². The molecule has 3 rings (SSSR count). The molecule has 3 fully saturated rings. The van der Waals surface area contributed by atoms with Crippen molar-refractivity contribution in [3.8, 4) is 0 Å². The van der Waals surface area contributed by atoms with Gasteiger partial charge in [0, 0.05) is 44.2 Å². The number of hydrogen-bond acceptors (Lipinski definition) is 3. The molecule has 2 N–H and O–H groups in total. The van der Waals surface area contributed by atoms with Crippen molar-refractivity contribution in [2.24, 2.45) is 10.8 Å². The average Bonchev–Trinajstić information content (AvgIpc) is 3.02. The third kappa shape index (κ3) is 2.61. The quantitative estimate of drug-likeness (QED) is 0.798. The molecular formula is C17H30N4O2. The molecule has 3 aliphatic rings. The Morgan fingerprint density at radius 2 is 1.96 bits per heavy atom. The molecule has 3 aliphatic heterocycles. The summed E-state index contributed by atoms with van der Waals surface area (Å²) in [6.07, 6.45) is 2.81. The van der Waals surface area contributed by atoms with Gasteiger partial charge in [-0.2, -0.15) is 0 Å². The van der Waals surface area contributed by atoms with E-state index < -0.39 is 0 Å². The highest BCUT2D eigenvalue weighted by Crippen LogP contribution is 2.56. The van der Waals surface area contributed by atoms with E-state index >= 15 is 0 Å². The van der Waals surface area contributed by atoms with Gasteiger partial charge < -0.3 is 20.4 Å². The second-order valence-electron chi connectivity index (χ2n) is 7.76. The maximum atomic E-state index is 12.7. The molecule has 0 aromatic carbocycles. The fraction of sp³-hybridized carbons (Fsp3) is 0.882. The smallest absolute Gasteiger partial charge is 0.317 e. The fourth-order valence-corrected chi connectivity index (χ4v) is 4.85. The molecule has 1 unspecified atom stereocenters. The van der Waals surface area contributed by atoms with Gasteiger partial charge in [-0.3, -0.25) is 4.79 Å². The maximum absolute atomic E-state index is 12.7. The van der Waals surface area contributed by atoms with E-state index in [9.17, 15) is 9.59 Å². The number of hydrogen-bond donors (Lipinski definition) is 2. The van der Waals surface area contributed by atoms with Crippen LogP contribution in [0.5, 0.6) is 0 Å². The highest BCUT2D eigenvalue weighted by molar-refractivity contribution is 5.86. The molecule has 0 aromatic rings. The minimum absolute atomic E-state index is 0.0325. The minimum Gasteiger partial charge on any atom is -0.356 e. The summed E-state index contributed by atoms with van der Waals surface area (Å²) in [5.41, 5.74) is -0.193. The third-order valence-corrected chi connectivity index (χ3v) is 6.17. The van der Waals surface area contributed by atoms with Crippen molar-refractivity contribution in [3.05, 3.63) is 0 Å². The van der Waals surface area contributed by atoms with E-state index in [1.165, 1.54) is 0 Å². The summed E-state index contributed by atoms with van der Waals surface area (Å²) in [7, 11) is 0. The maximum Gasteiger partial charge on any atom is 0.317 e. The van der Waals surface area contributed by atoms with Crippen LogP contribution in [0.2, 0.25) is 0 Å². The molecule has 3 heterocycles. The van der Waals surface area contributed by atoms with E-state index in [2.05, 4.69) is 22.5 Å². The zero-order chi connectivity index (χ0) is 16.7. The molecule has 3 saturated heterocycles. The van der Waals surface area contributed by atoms with E-state index in [1.807, 2.05) is 18.7 Å². The van der Waals surface area contributed by atoms with Gasteiger partial charge in [0.05, 0.1) is 5.41 Å². The Kier molecular flexibility index (Phi) is 4.29. The first-order valence-electron chi connectivity index (χ1n) is 8.98. The Morgan fingerprint density at radius 1 is 1.26 bits per heavy atom. The van der Waals surface area contributed by atoms with Gasteiger partial charge in [0.1, 0.15) is 0 Å². The summed E-state index contributed by atoms with van der Waals surface area (Å²) in [6, 6.07) is 0.192. The van der Waals surface area contributed by atoms with Crippen LogP contribution in [-0.4, -0.2) is 67.0 Å². The van der Waals surface area contributed by atoms with Crippen LogP contribution in [0.25, 0.3) is 0 Å². The number of carbonyl (C=O) groups is 2. The third-order valence-electron chi connectivity index (χ3n) is 6.17. The number of urea groups is 1. The molecule has 0 aliphatic carbocycles. The zero-order valence-corrected chi connectivity index (χ0v) is 14.7. The van der Waals surface area contributed by atoms with Crippen molar-refractivity contribution >= 4 is 11.9 Å². The number of amides is 3. The molecule has 0 saturated carbocycles. The van der Waals surface area contributed by atoms with Gasteiger partial charge in [-0.25, -0.2) is 4.79 Å². The monoisotopic (exact) mass is 322 g/mol. The highest BCUT2D eigenvalue weighted by Gasteiger charge is 2.63. The second kappa shape index (κ2) is 5.96. The largest absolute Gasteiger partial charge is 0.356 e. The predicted octanol–water partition coefficient (Wildman–Crippen LogP) is 1.03. The van der Waals surface area contributed by atoms with Crippen molar-refractivity contribution in [2.45, 2.75) is 46.1 Å². The molecule has 1 atom stereocenters. The molecule has 0 bridgehead atoms. The number of nitrogens with one attached hydrogen (secondary N) is 2. The Labute approximate surface area is 139 Å². The molecule has 0 aromatic heterocycles. The van der Waals surface area contributed by atoms with Crippen LogP contribution < -0.4 is 10.6 Å². The first-order chi connectivity index (χ1) is 10.9. The number of nitrogens with zero attached hydrogens (tertiary/aromatic N) is 2. The van der Waals surface area contributed by atoms with E-state index in [-0.39, 0.29) is 28.8 Å². The van der Waals surface area contributed by atoms with E-state index in [1.54, 1.807) is 0 Å². The van der Waals surface area contributed by atoms with Crippen molar-refractivity contribution in [1.82, 2.24) is 20.4 Å². The summed E-state index contributed by atoms with van der Waals surface area (Å²) in [6.45, 7) is 11.3. The van der Waals surface area contributed by atoms with Crippen LogP contribution in [-0.2, 0) is 4.79 Å². The van der Waals surface area contributed by atoms with Gasteiger partial charge in [-0.15, -0.1) is 0 Å². The Hall–Kier alpha value is -1.30. The van der Waals surface area contributed by atoms with Crippen LogP contribution >= 0.6 is 0 Å². The normalized spacial score (nSPS) is 30.4. The van der Waals surface area contributed by atoms with Gasteiger partial charge in [0.2, 0.25) is 5.91 Å². The first-order valence-corrected chi connectivity index (χ1v) is 8.98. The number of piperidine rings is 1. The van der Waals surface area contributed by atoms with Crippen LogP contribution in [0.3, 0.4) is 0 Å². The van der Waals surface area contributed by atoms with Crippen molar-refractivity contribution in [3.63, 3.8) is 0 Å². The predicted molar refractivity (Wildman–Crippen MR) is 89.1 cm³/mol. The van der Waals surface area contributed by atoms with E-state index in [4.69, 9.17) is 0 Å². The Bertz CT molecular complexity index is 485. The molecule has 23 heavy (non-hydrogen) atoms. The summed E-state index contributed by atoms with van der Waals surface area (Å²) in [5, 5.41) is 6.05. The van der Waals surface area contributed by atoms with Gasteiger partial charge in [0.25, 0.3) is 0 Å². The van der Waals surface area contributed by atoms with Gasteiger partial charge in [0.15, 0.2) is 0 Å². The van der Waals surface area contributed by atoms with E-state index in [0.717, 1.165) is 58.5 Å². The average molecular weight is 322 g/mol. The van der Waals surface area contributed by atoms with Gasteiger partial charge in [-0.05, 0) is 39.7 Å². The lowest BCUT2D eigenvalue weighted by Gasteiger charge is -2.46. The molecule has 6 heteroatoms. The fourth-order valence-electron chi connectivity index (χ4n) is 4.85. The number of fused-ring (bicyclic) bond motifs is 1. The lowest BCUT2D eigenvalue weighted by Crippen LogP contribution is -2.55. The van der Waals surface area contributed by atoms with Crippen LogP contribution in [0.4, 0.5) is 4.79 Å². The molecular weight excluding hydrogens is 292 g/mol. The highest BCUT2D eigenvalue weighted by atomic mass is 16.2. The second-order valence-corrected chi connectivity index (χ2v) is 7.76. The van der Waals surface area contributed by atoms with Crippen molar-refractivity contribution < 1.29 is 9.59 Å². The molecule has 130 valence electrons. The Balaban J connectivity index is 1.75. The molecule has 0 radical (unpaired) electrons. The zero-order valence-electron chi connectivity index (χ0n) is 14.7. The molecule has 6 nitrogen and oxygen atoms in total. The lowest BCUT2D eigenvalue weighted by atomic mass is 9.60. The van der Waals surface area contributed by atoms with Crippen LogP contribution in [0.1, 0.15) is 40.0 Å². The summed E-state index contributed by atoms with van der Waals surface area (Å²) < 4.78 is 0. The van der Waals surface area contributed by atoms with Gasteiger partial charge >= 0.3 is 6.03 Å². The molecule has 3 amide bonds. The first kappa shape index (κ1) is 16.6. The van der Waals surface area contributed by atoms with Crippen LogP contribution in [0, 0.1) is 10.8 Å². The minimum atomic E-state index is -0.233. The molecule has 2 spiro atoms. The Morgan fingerprint density at radius 3 is 2.48 bits per heavy atom. The topological polar surface area (TPSA) is 64.7 Å². The number of rotatable bonds is 2.